The van der Waals surface area contributed by atoms with Gasteiger partial charge in [-0.25, -0.2) is 8.42 Å². The molecule has 0 atom stereocenters. The number of fused-ring (bicyclic) bond motifs is 2. The number of nitrogens with one attached hydrogen (secondary N) is 1. The Bertz CT molecular complexity index is 1650. The second-order valence-corrected chi connectivity index (χ2v) is 10.2. The minimum atomic E-state index is -3.92. The van der Waals surface area contributed by atoms with Crippen molar-refractivity contribution in [1.29, 1.82) is 0 Å². The minimum absolute atomic E-state index is 0.0138. The Morgan fingerprint density at radius 1 is 0.727 bits per heavy atom. The van der Waals surface area contributed by atoms with Crippen molar-refractivity contribution in [3.8, 4) is 22.6 Å². The molecule has 164 valence electrons. The van der Waals surface area contributed by atoms with E-state index in [9.17, 15) is 18.6 Å². The molecule has 0 aliphatic carbocycles. The quantitative estimate of drug-likeness (QED) is 0.232. The summed E-state index contributed by atoms with van der Waals surface area (Å²) in [4.78, 5) is 0.101. The molecule has 0 aromatic heterocycles. The molecule has 5 nitrogen and oxygen atoms in total. The third kappa shape index (κ3) is 3.79. The van der Waals surface area contributed by atoms with Crippen molar-refractivity contribution in [3.63, 3.8) is 0 Å². The molecule has 0 bridgehead atoms. The molecule has 7 heteroatoms. The zero-order chi connectivity index (χ0) is 23.2. The van der Waals surface area contributed by atoms with E-state index in [0.29, 0.717) is 32.1 Å². The molecule has 0 aliphatic heterocycles. The summed E-state index contributed by atoms with van der Waals surface area (Å²) in [5, 5.41) is 24.5. The molecule has 0 saturated carbocycles. The molecule has 33 heavy (non-hydrogen) atoms. The first-order valence-corrected chi connectivity index (χ1v) is 12.4. The van der Waals surface area contributed by atoms with E-state index in [4.69, 9.17) is 0 Å². The van der Waals surface area contributed by atoms with Gasteiger partial charge in [-0.15, -0.1) is 0 Å². The van der Waals surface area contributed by atoms with Crippen LogP contribution in [-0.2, 0) is 10.0 Å². The van der Waals surface area contributed by atoms with Crippen molar-refractivity contribution in [3.05, 3.63) is 95.5 Å². The molecular formula is C26H18BrNO4S. The molecule has 0 fully saturated rings. The van der Waals surface area contributed by atoms with Crippen molar-refractivity contribution in [2.75, 3.05) is 4.72 Å². The minimum Gasteiger partial charge on any atom is -0.507 e. The average Bonchev–Trinajstić information content (AvgIpc) is 2.81. The number of hydrogen-bond acceptors (Lipinski definition) is 4. The molecule has 0 aliphatic rings. The first kappa shape index (κ1) is 21.3. The lowest BCUT2D eigenvalue weighted by atomic mass is 9.93. The molecular weight excluding hydrogens is 502 g/mol. The summed E-state index contributed by atoms with van der Waals surface area (Å²) in [6.07, 6.45) is 0. The predicted octanol–water partition coefficient (Wildman–Crippen LogP) is 6.63. The molecule has 0 amide bonds. The maximum absolute atomic E-state index is 13.2. The van der Waals surface area contributed by atoms with Crippen LogP contribution in [0.3, 0.4) is 0 Å². The highest BCUT2D eigenvalue weighted by Crippen LogP contribution is 2.46. The third-order valence-corrected chi connectivity index (χ3v) is 7.40. The Hall–Kier alpha value is -3.55. The summed E-state index contributed by atoms with van der Waals surface area (Å²) < 4.78 is 29.6. The fourth-order valence-electron chi connectivity index (χ4n) is 4.02. The van der Waals surface area contributed by atoms with Gasteiger partial charge in [-0.05, 0) is 41.1 Å². The van der Waals surface area contributed by atoms with Gasteiger partial charge >= 0.3 is 0 Å². The number of sulfonamides is 1. The van der Waals surface area contributed by atoms with Crippen molar-refractivity contribution in [2.45, 2.75) is 4.90 Å². The number of benzene rings is 5. The van der Waals surface area contributed by atoms with Crippen LogP contribution in [0.2, 0.25) is 0 Å². The first-order chi connectivity index (χ1) is 15.8. The van der Waals surface area contributed by atoms with Gasteiger partial charge in [-0.2, -0.15) is 0 Å². The zero-order valence-electron chi connectivity index (χ0n) is 17.2. The SMILES string of the molecule is O=S(=O)(Nc1cc(-c2c(O)ccc3ccccc23)c(O)c2ccccc12)c1cccc(Br)c1. The molecule has 5 aromatic rings. The van der Waals surface area contributed by atoms with Crippen LogP contribution in [-0.4, -0.2) is 18.6 Å². The van der Waals surface area contributed by atoms with Crippen molar-refractivity contribution in [1.82, 2.24) is 0 Å². The maximum Gasteiger partial charge on any atom is 0.261 e. The lowest BCUT2D eigenvalue weighted by molar-refractivity contribution is 0.472. The van der Waals surface area contributed by atoms with E-state index in [0.717, 1.165) is 10.8 Å². The molecule has 3 N–H and O–H groups in total. The number of phenols is 2. The third-order valence-electron chi connectivity index (χ3n) is 5.54. The van der Waals surface area contributed by atoms with Gasteiger partial charge in [0.2, 0.25) is 0 Å². The fraction of sp³-hybridized carbons (Fsp3) is 0. The standard InChI is InChI=1S/C26H18BrNO4S/c27-17-7-5-8-18(14-17)33(31,32)28-23-15-22(26(30)21-11-4-3-10-20(21)23)25-19-9-2-1-6-16(19)12-13-24(25)29/h1-15,28-30H. The number of anilines is 1. The van der Waals surface area contributed by atoms with Gasteiger partial charge in [0.1, 0.15) is 11.5 Å². The van der Waals surface area contributed by atoms with Gasteiger partial charge in [0.25, 0.3) is 10.0 Å². The second-order valence-electron chi connectivity index (χ2n) is 7.61. The van der Waals surface area contributed by atoms with Crippen LogP contribution in [0.25, 0.3) is 32.7 Å². The molecule has 0 unspecified atom stereocenters. The highest BCUT2D eigenvalue weighted by molar-refractivity contribution is 9.10. The van der Waals surface area contributed by atoms with Crippen LogP contribution in [0.1, 0.15) is 0 Å². The highest BCUT2D eigenvalue weighted by Gasteiger charge is 2.21. The molecule has 0 saturated heterocycles. The van der Waals surface area contributed by atoms with Crippen LogP contribution in [0, 0.1) is 0 Å². The Morgan fingerprint density at radius 3 is 2.18 bits per heavy atom. The van der Waals surface area contributed by atoms with Gasteiger partial charge in [-0.3, -0.25) is 4.72 Å². The van der Waals surface area contributed by atoms with Crippen molar-refractivity contribution in [2.24, 2.45) is 0 Å². The fourth-order valence-corrected chi connectivity index (χ4v) is 5.68. The molecule has 5 rings (SSSR count). The summed E-state index contributed by atoms with van der Waals surface area (Å²) in [5.74, 6) is -0.0530. The number of aromatic hydroxyl groups is 2. The van der Waals surface area contributed by atoms with Crippen LogP contribution in [0.15, 0.2) is 100 Å². The Labute approximate surface area is 199 Å². The predicted molar refractivity (Wildman–Crippen MR) is 135 cm³/mol. The molecule has 0 radical (unpaired) electrons. The Morgan fingerprint density at radius 2 is 1.42 bits per heavy atom. The van der Waals surface area contributed by atoms with Crippen LogP contribution in [0.4, 0.5) is 5.69 Å². The van der Waals surface area contributed by atoms with E-state index in [1.54, 1.807) is 54.6 Å². The van der Waals surface area contributed by atoms with Crippen LogP contribution < -0.4 is 4.72 Å². The number of rotatable bonds is 4. The van der Waals surface area contributed by atoms with Crippen LogP contribution >= 0.6 is 15.9 Å². The van der Waals surface area contributed by atoms with E-state index in [1.165, 1.54) is 12.1 Å². The molecule has 0 spiro atoms. The van der Waals surface area contributed by atoms with Gasteiger partial charge in [-0.1, -0.05) is 76.6 Å². The number of phenolic OH excluding ortho intramolecular Hbond substituents is 2. The monoisotopic (exact) mass is 519 g/mol. The second kappa shape index (κ2) is 8.10. The normalized spacial score (nSPS) is 11.7. The summed E-state index contributed by atoms with van der Waals surface area (Å²) >= 11 is 3.31. The summed E-state index contributed by atoms with van der Waals surface area (Å²) in [7, 11) is -3.92. The lowest BCUT2D eigenvalue weighted by Crippen LogP contribution is -2.13. The van der Waals surface area contributed by atoms with Gasteiger partial charge in [0, 0.05) is 26.4 Å². The van der Waals surface area contributed by atoms with E-state index >= 15 is 0 Å². The Kier molecular flexibility index (Phi) is 5.23. The summed E-state index contributed by atoms with van der Waals surface area (Å²) in [5.41, 5.74) is 1.06. The summed E-state index contributed by atoms with van der Waals surface area (Å²) in [6, 6.07) is 25.8. The zero-order valence-corrected chi connectivity index (χ0v) is 19.6. The molecule has 0 heterocycles. The topological polar surface area (TPSA) is 86.6 Å². The summed E-state index contributed by atoms with van der Waals surface area (Å²) in [6.45, 7) is 0. The van der Waals surface area contributed by atoms with E-state index in [1.807, 2.05) is 24.3 Å². The van der Waals surface area contributed by atoms with Gasteiger partial charge in [0.05, 0.1) is 10.6 Å². The Balaban J connectivity index is 1.78. The molecule has 5 aromatic carbocycles. The van der Waals surface area contributed by atoms with Gasteiger partial charge < -0.3 is 10.2 Å². The highest BCUT2D eigenvalue weighted by atomic mass is 79.9. The van der Waals surface area contributed by atoms with Gasteiger partial charge in [0.15, 0.2) is 0 Å². The smallest absolute Gasteiger partial charge is 0.261 e. The number of halogens is 1. The maximum atomic E-state index is 13.2. The van der Waals surface area contributed by atoms with E-state index in [-0.39, 0.29) is 16.4 Å². The van der Waals surface area contributed by atoms with Crippen molar-refractivity contribution < 1.29 is 18.6 Å². The van der Waals surface area contributed by atoms with Crippen LogP contribution in [0.5, 0.6) is 11.5 Å². The van der Waals surface area contributed by atoms with Crippen molar-refractivity contribution >= 4 is 53.2 Å². The number of hydrogen-bond donors (Lipinski definition) is 3. The van der Waals surface area contributed by atoms with E-state index < -0.39 is 10.0 Å². The first-order valence-electron chi connectivity index (χ1n) is 10.1. The van der Waals surface area contributed by atoms with E-state index in [2.05, 4.69) is 20.7 Å². The average molecular weight is 520 g/mol. The lowest BCUT2D eigenvalue weighted by Gasteiger charge is -2.17. The largest absolute Gasteiger partial charge is 0.507 e.